The summed E-state index contributed by atoms with van der Waals surface area (Å²) < 4.78 is 0. The van der Waals surface area contributed by atoms with Crippen LogP contribution in [-0.2, 0) is 6.42 Å². The van der Waals surface area contributed by atoms with Crippen molar-refractivity contribution in [2.24, 2.45) is 0 Å². The summed E-state index contributed by atoms with van der Waals surface area (Å²) in [6, 6.07) is 7.89. The number of hydrogen-bond donors (Lipinski definition) is 3. The molecule has 0 aliphatic carbocycles. The maximum absolute atomic E-state index is 9.68. The van der Waals surface area contributed by atoms with Crippen LogP contribution in [0.1, 0.15) is 23.7 Å². The number of benzene rings is 1. The zero-order valence-corrected chi connectivity index (χ0v) is 9.11. The van der Waals surface area contributed by atoms with E-state index in [0.717, 1.165) is 18.4 Å². The Morgan fingerprint density at radius 1 is 1.27 bits per heavy atom. The Balaban J connectivity index is 2.55. The van der Waals surface area contributed by atoms with Gasteiger partial charge in [-0.25, -0.2) is 0 Å². The molecule has 3 N–H and O–H groups in total. The molecule has 0 heterocycles. The van der Waals surface area contributed by atoms with Gasteiger partial charge in [-0.2, -0.15) is 0 Å². The first-order valence-electron chi connectivity index (χ1n) is 5.30. The predicted molar refractivity (Wildman–Crippen MR) is 60.7 cm³/mol. The quantitative estimate of drug-likeness (QED) is 0.651. The maximum Gasteiger partial charge on any atom is 0.0914 e. The van der Waals surface area contributed by atoms with E-state index in [1.807, 2.05) is 31.3 Å². The van der Waals surface area contributed by atoms with Gasteiger partial charge in [0.25, 0.3) is 0 Å². The third kappa shape index (κ3) is 4.00. The summed E-state index contributed by atoms with van der Waals surface area (Å²) in [6.07, 6.45) is 1.24. The molecular weight excluding hydrogens is 190 g/mol. The molecule has 1 rings (SSSR count). The van der Waals surface area contributed by atoms with E-state index >= 15 is 0 Å². The molecule has 0 saturated carbocycles. The zero-order chi connectivity index (χ0) is 11.1. The van der Waals surface area contributed by atoms with E-state index in [4.69, 9.17) is 5.11 Å². The van der Waals surface area contributed by atoms with Crippen LogP contribution in [0.4, 0.5) is 0 Å². The topological polar surface area (TPSA) is 52.5 Å². The number of aryl methyl sites for hydroxylation is 1. The van der Waals surface area contributed by atoms with E-state index in [1.165, 1.54) is 5.56 Å². The Kier molecular flexibility index (Phi) is 5.32. The van der Waals surface area contributed by atoms with Gasteiger partial charge < -0.3 is 15.5 Å². The van der Waals surface area contributed by atoms with Crippen molar-refractivity contribution in [2.45, 2.75) is 18.9 Å². The van der Waals surface area contributed by atoms with E-state index in [-0.39, 0.29) is 6.61 Å². The van der Waals surface area contributed by atoms with Crippen LogP contribution in [0.2, 0.25) is 0 Å². The molecule has 1 aromatic rings. The van der Waals surface area contributed by atoms with Gasteiger partial charge in [0, 0.05) is 13.2 Å². The van der Waals surface area contributed by atoms with Crippen molar-refractivity contribution in [2.75, 3.05) is 20.2 Å². The molecule has 0 aliphatic rings. The zero-order valence-electron chi connectivity index (χ0n) is 9.11. The normalized spacial score (nSPS) is 12.7. The van der Waals surface area contributed by atoms with E-state index in [2.05, 4.69) is 5.32 Å². The molecule has 1 unspecified atom stereocenters. The van der Waals surface area contributed by atoms with Crippen molar-refractivity contribution < 1.29 is 10.2 Å². The molecule has 15 heavy (non-hydrogen) atoms. The second-order valence-corrected chi connectivity index (χ2v) is 3.64. The SMILES string of the molecule is CNCC(O)c1ccc(CCCO)cc1. The van der Waals surface area contributed by atoms with Crippen molar-refractivity contribution in [3.8, 4) is 0 Å². The third-order valence-corrected chi connectivity index (χ3v) is 2.39. The Labute approximate surface area is 90.8 Å². The molecule has 1 aromatic carbocycles. The highest BCUT2D eigenvalue weighted by atomic mass is 16.3. The molecule has 0 fully saturated rings. The fraction of sp³-hybridized carbons (Fsp3) is 0.500. The van der Waals surface area contributed by atoms with Crippen molar-refractivity contribution in [1.29, 1.82) is 0 Å². The molecule has 0 aromatic heterocycles. The van der Waals surface area contributed by atoms with E-state index in [0.29, 0.717) is 6.54 Å². The molecule has 0 bridgehead atoms. The summed E-state index contributed by atoms with van der Waals surface area (Å²) in [5, 5.41) is 21.3. The first-order valence-corrected chi connectivity index (χ1v) is 5.30. The smallest absolute Gasteiger partial charge is 0.0914 e. The van der Waals surface area contributed by atoms with E-state index in [1.54, 1.807) is 0 Å². The van der Waals surface area contributed by atoms with Crippen LogP contribution in [0.3, 0.4) is 0 Å². The maximum atomic E-state index is 9.68. The average Bonchev–Trinajstić information content (AvgIpc) is 2.27. The first-order chi connectivity index (χ1) is 7.27. The van der Waals surface area contributed by atoms with Gasteiger partial charge in [-0.3, -0.25) is 0 Å². The molecule has 3 heteroatoms. The van der Waals surface area contributed by atoms with Crippen molar-refractivity contribution >= 4 is 0 Å². The lowest BCUT2D eigenvalue weighted by molar-refractivity contribution is 0.178. The molecule has 0 radical (unpaired) electrons. The number of rotatable bonds is 6. The summed E-state index contributed by atoms with van der Waals surface area (Å²) in [5.41, 5.74) is 2.13. The molecule has 1 atom stereocenters. The van der Waals surface area contributed by atoms with Crippen LogP contribution in [0.5, 0.6) is 0 Å². The Morgan fingerprint density at radius 3 is 2.47 bits per heavy atom. The highest BCUT2D eigenvalue weighted by molar-refractivity contribution is 5.24. The Bertz CT molecular complexity index is 271. The van der Waals surface area contributed by atoms with Crippen molar-refractivity contribution in [3.63, 3.8) is 0 Å². The number of aliphatic hydroxyl groups is 2. The molecule has 0 amide bonds. The standard InChI is InChI=1S/C12H19NO2/c1-13-9-12(15)11-6-4-10(5-7-11)3-2-8-14/h4-7,12-15H,2-3,8-9H2,1H3. The van der Waals surface area contributed by atoms with Gasteiger partial charge in [0.15, 0.2) is 0 Å². The minimum atomic E-state index is -0.443. The molecular formula is C12H19NO2. The van der Waals surface area contributed by atoms with Crippen molar-refractivity contribution in [3.05, 3.63) is 35.4 Å². The number of likely N-dealkylation sites (N-methyl/N-ethyl adjacent to an activating group) is 1. The lowest BCUT2D eigenvalue weighted by Gasteiger charge is -2.10. The monoisotopic (exact) mass is 209 g/mol. The highest BCUT2D eigenvalue weighted by Crippen LogP contribution is 2.13. The van der Waals surface area contributed by atoms with Crippen LogP contribution in [-0.4, -0.2) is 30.4 Å². The first kappa shape index (κ1) is 12.2. The van der Waals surface area contributed by atoms with Crippen LogP contribution >= 0.6 is 0 Å². The van der Waals surface area contributed by atoms with Gasteiger partial charge in [-0.15, -0.1) is 0 Å². The lowest BCUT2D eigenvalue weighted by atomic mass is 10.0. The third-order valence-electron chi connectivity index (χ3n) is 2.39. The van der Waals surface area contributed by atoms with Gasteiger partial charge >= 0.3 is 0 Å². The fourth-order valence-corrected chi connectivity index (χ4v) is 1.50. The van der Waals surface area contributed by atoms with Crippen LogP contribution in [0.25, 0.3) is 0 Å². The largest absolute Gasteiger partial charge is 0.396 e. The van der Waals surface area contributed by atoms with E-state index < -0.39 is 6.10 Å². The summed E-state index contributed by atoms with van der Waals surface area (Å²) in [5.74, 6) is 0. The fourth-order valence-electron chi connectivity index (χ4n) is 1.50. The van der Waals surface area contributed by atoms with Gasteiger partial charge in [-0.1, -0.05) is 24.3 Å². The van der Waals surface area contributed by atoms with Gasteiger partial charge in [-0.05, 0) is 31.0 Å². The van der Waals surface area contributed by atoms with Crippen LogP contribution in [0, 0.1) is 0 Å². The lowest BCUT2D eigenvalue weighted by Crippen LogP contribution is -2.16. The van der Waals surface area contributed by atoms with E-state index in [9.17, 15) is 5.11 Å². The van der Waals surface area contributed by atoms with Crippen molar-refractivity contribution in [1.82, 2.24) is 5.32 Å². The van der Waals surface area contributed by atoms with Crippen LogP contribution in [0.15, 0.2) is 24.3 Å². The highest BCUT2D eigenvalue weighted by Gasteiger charge is 2.05. The van der Waals surface area contributed by atoms with Gasteiger partial charge in [0.2, 0.25) is 0 Å². The molecule has 0 saturated heterocycles. The van der Waals surface area contributed by atoms with Gasteiger partial charge in [0.1, 0.15) is 0 Å². The second-order valence-electron chi connectivity index (χ2n) is 3.64. The minimum absolute atomic E-state index is 0.226. The Morgan fingerprint density at radius 2 is 1.93 bits per heavy atom. The molecule has 84 valence electrons. The molecule has 3 nitrogen and oxygen atoms in total. The summed E-state index contributed by atoms with van der Waals surface area (Å²) in [7, 11) is 1.82. The Hall–Kier alpha value is -0.900. The number of hydrogen-bond acceptors (Lipinski definition) is 3. The molecule has 0 spiro atoms. The second kappa shape index (κ2) is 6.56. The molecule has 0 aliphatic heterocycles. The van der Waals surface area contributed by atoms with Crippen LogP contribution < -0.4 is 5.32 Å². The number of aliphatic hydroxyl groups excluding tert-OH is 2. The summed E-state index contributed by atoms with van der Waals surface area (Å²) in [6.45, 7) is 0.792. The predicted octanol–water partition coefficient (Wildman–Crippen LogP) is 0.864. The average molecular weight is 209 g/mol. The summed E-state index contributed by atoms with van der Waals surface area (Å²) >= 11 is 0. The minimum Gasteiger partial charge on any atom is -0.396 e. The number of nitrogens with one attached hydrogen (secondary N) is 1. The summed E-state index contributed by atoms with van der Waals surface area (Å²) in [4.78, 5) is 0. The van der Waals surface area contributed by atoms with Gasteiger partial charge in [0.05, 0.1) is 6.10 Å².